The zero-order valence-corrected chi connectivity index (χ0v) is 15.2. The second kappa shape index (κ2) is 7.74. The van der Waals surface area contributed by atoms with Gasteiger partial charge in [0.25, 0.3) is 5.91 Å². The summed E-state index contributed by atoms with van der Waals surface area (Å²) in [7, 11) is 0. The number of para-hydroxylation sites is 1. The Morgan fingerprint density at radius 2 is 1.88 bits per heavy atom. The summed E-state index contributed by atoms with van der Waals surface area (Å²) in [6.45, 7) is 4.38. The van der Waals surface area contributed by atoms with Gasteiger partial charge in [0.05, 0.1) is 5.69 Å². The highest BCUT2D eigenvalue weighted by Gasteiger charge is 2.24. The Kier molecular flexibility index (Phi) is 5.43. The van der Waals surface area contributed by atoms with Crippen molar-refractivity contribution in [2.45, 2.75) is 30.4 Å². The van der Waals surface area contributed by atoms with E-state index in [1.54, 1.807) is 36.0 Å². The Balaban J connectivity index is 1.69. The molecule has 0 saturated heterocycles. The lowest BCUT2D eigenvalue weighted by molar-refractivity contribution is -0.120. The molecule has 0 saturated carbocycles. The number of thioether (sulfide) groups is 1. The Morgan fingerprint density at radius 3 is 2.60 bits per heavy atom. The monoisotopic (exact) mass is 355 g/mol. The van der Waals surface area contributed by atoms with Crippen molar-refractivity contribution < 1.29 is 14.3 Å². The van der Waals surface area contributed by atoms with Crippen LogP contribution in [0.1, 0.15) is 30.6 Å². The number of benzene rings is 2. The van der Waals surface area contributed by atoms with Crippen LogP contribution < -0.4 is 9.64 Å². The largest absolute Gasteiger partial charge is 0.484 e. The lowest BCUT2D eigenvalue weighted by atomic mass is 10.1. The first-order valence-electron chi connectivity index (χ1n) is 8.34. The lowest BCUT2D eigenvalue weighted by Gasteiger charge is -2.22. The highest BCUT2D eigenvalue weighted by molar-refractivity contribution is 8.00. The van der Waals surface area contributed by atoms with Crippen LogP contribution in [0, 0.1) is 0 Å². The van der Waals surface area contributed by atoms with Crippen LogP contribution in [0.4, 0.5) is 5.69 Å². The molecule has 0 unspecified atom stereocenters. The molecule has 130 valence electrons. The first kappa shape index (κ1) is 17.5. The summed E-state index contributed by atoms with van der Waals surface area (Å²) in [5.41, 5.74) is 1.59. The van der Waals surface area contributed by atoms with Gasteiger partial charge in [-0.25, -0.2) is 0 Å². The molecule has 2 aromatic rings. The molecule has 1 aliphatic heterocycles. The van der Waals surface area contributed by atoms with E-state index < -0.39 is 0 Å². The summed E-state index contributed by atoms with van der Waals surface area (Å²) in [5, 5.41) is 0.471. The normalized spacial score (nSPS) is 16.7. The Labute approximate surface area is 152 Å². The first-order chi connectivity index (χ1) is 12.0. The number of hydrogen-bond acceptors (Lipinski definition) is 4. The highest BCUT2D eigenvalue weighted by Crippen LogP contribution is 2.37. The molecule has 2 aromatic carbocycles. The minimum Gasteiger partial charge on any atom is -0.484 e. The molecule has 5 heteroatoms. The zero-order valence-electron chi connectivity index (χ0n) is 14.4. The number of Topliss-reactive ketones (excluding diaryl/α,β-unsaturated/α-hetero) is 1. The molecule has 4 nitrogen and oxygen atoms in total. The average Bonchev–Trinajstić information content (AvgIpc) is 2.78. The summed E-state index contributed by atoms with van der Waals surface area (Å²) in [6, 6.07) is 14.9. The summed E-state index contributed by atoms with van der Waals surface area (Å²) in [4.78, 5) is 27.0. The fourth-order valence-corrected chi connectivity index (χ4v) is 3.87. The van der Waals surface area contributed by atoms with Gasteiger partial charge in [-0.1, -0.05) is 19.1 Å². The molecule has 1 aliphatic rings. The molecule has 0 bridgehead atoms. The quantitative estimate of drug-likeness (QED) is 0.772. The number of rotatable bonds is 4. The van der Waals surface area contributed by atoms with E-state index in [2.05, 4.69) is 13.0 Å². The Bertz CT molecular complexity index is 773. The molecule has 0 spiro atoms. The van der Waals surface area contributed by atoms with Gasteiger partial charge in [0.1, 0.15) is 5.75 Å². The van der Waals surface area contributed by atoms with Crippen LogP contribution in [0.2, 0.25) is 0 Å². The second-order valence-electron chi connectivity index (χ2n) is 6.10. The van der Waals surface area contributed by atoms with Crippen molar-refractivity contribution >= 4 is 29.1 Å². The van der Waals surface area contributed by atoms with E-state index in [0.29, 0.717) is 23.1 Å². The van der Waals surface area contributed by atoms with Gasteiger partial charge in [-0.2, -0.15) is 0 Å². The number of ketones is 1. The fraction of sp³-hybridized carbons (Fsp3) is 0.300. The smallest absolute Gasteiger partial charge is 0.264 e. The minimum absolute atomic E-state index is 0.00965. The molecule has 0 radical (unpaired) electrons. The highest BCUT2D eigenvalue weighted by atomic mass is 32.2. The molecule has 0 N–H and O–H groups in total. The zero-order chi connectivity index (χ0) is 17.8. The third kappa shape index (κ3) is 4.23. The van der Waals surface area contributed by atoms with Gasteiger partial charge in [-0.05, 0) is 49.7 Å². The topological polar surface area (TPSA) is 46.6 Å². The van der Waals surface area contributed by atoms with Crippen LogP contribution in [0.5, 0.6) is 5.75 Å². The van der Waals surface area contributed by atoms with E-state index in [1.807, 2.05) is 23.1 Å². The van der Waals surface area contributed by atoms with E-state index in [1.165, 1.54) is 6.92 Å². The number of amides is 1. The molecular formula is C20H21NO3S. The summed E-state index contributed by atoms with van der Waals surface area (Å²) in [5.74, 6) is 0.539. The van der Waals surface area contributed by atoms with Crippen LogP contribution in [0.15, 0.2) is 53.4 Å². The minimum atomic E-state index is -0.0576. The number of fused-ring (bicyclic) bond motifs is 1. The van der Waals surface area contributed by atoms with Crippen molar-refractivity contribution in [3.63, 3.8) is 0 Å². The number of carbonyl (C=O) groups is 2. The van der Waals surface area contributed by atoms with Gasteiger partial charge in [0.2, 0.25) is 0 Å². The van der Waals surface area contributed by atoms with Crippen LogP contribution in [0.3, 0.4) is 0 Å². The molecule has 0 aliphatic carbocycles. The van der Waals surface area contributed by atoms with Gasteiger partial charge >= 0.3 is 0 Å². The summed E-state index contributed by atoms with van der Waals surface area (Å²) < 4.78 is 5.63. The van der Waals surface area contributed by atoms with E-state index in [9.17, 15) is 9.59 Å². The standard InChI is InChI=1S/C20H21NO3S/c1-14-11-12-21(18-5-3-4-6-19(18)25-14)20(23)13-24-17-9-7-16(8-10-17)15(2)22/h3-10,14H,11-13H2,1-2H3/t14-/m1/s1. The van der Waals surface area contributed by atoms with Crippen LogP contribution in [-0.4, -0.2) is 30.1 Å². The molecule has 0 aromatic heterocycles. The van der Waals surface area contributed by atoms with E-state index in [4.69, 9.17) is 4.74 Å². The number of nitrogens with zero attached hydrogens (tertiary/aromatic N) is 1. The summed E-state index contributed by atoms with van der Waals surface area (Å²) >= 11 is 1.81. The summed E-state index contributed by atoms with van der Waals surface area (Å²) in [6.07, 6.45) is 0.943. The molecular weight excluding hydrogens is 334 g/mol. The third-order valence-corrected chi connectivity index (χ3v) is 5.40. The first-order valence-corrected chi connectivity index (χ1v) is 9.22. The lowest BCUT2D eigenvalue weighted by Crippen LogP contribution is -2.36. The van der Waals surface area contributed by atoms with Crippen molar-refractivity contribution in [3.05, 3.63) is 54.1 Å². The molecule has 1 amide bonds. The van der Waals surface area contributed by atoms with Gasteiger partial charge in [-0.15, -0.1) is 11.8 Å². The van der Waals surface area contributed by atoms with Crippen molar-refractivity contribution in [1.82, 2.24) is 0 Å². The number of ether oxygens (including phenoxy) is 1. The van der Waals surface area contributed by atoms with Crippen LogP contribution in [0.25, 0.3) is 0 Å². The number of anilines is 1. The SMILES string of the molecule is CC(=O)c1ccc(OCC(=O)N2CC[C@@H](C)Sc3ccccc32)cc1. The maximum atomic E-state index is 12.7. The van der Waals surface area contributed by atoms with Gasteiger partial charge in [0.15, 0.2) is 12.4 Å². The van der Waals surface area contributed by atoms with Gasteiger partial charge in [0, 0.05) is 22.3 Å². The third-order valence-electron chi connectivity index (χ3n) is 4.17. The number of hydrogen-bond donors (Lipinski definition) is 0. The second-order valence-corrected chi connectivity index (χ2v) is 7.58. The maximum Gasteiger partial charge on any atom is 0.264 e. The van der Waals surface area contributed by atoms with E-state index in [0.717, 1.165) is 17.0 Å². The van der Waals surface area contributed by atoms with Crippen LogP contribution in [-0.2, 0) is 4.79 Å². The number of carbonyl (C=O) groups excluding carboxylic acids is 2. The van der Waals surface area contributed by atoms with Gasteiger partial charge < -0.3 is 9.64 Å². The Hall–Kier alpha value is -2.27. The molecule has 0 fully saturated rings. The fourth-order valence-electron chi connectivity index (χ4n) is 2.75. The average molecular weight is 355 g/mol. The van der Waals surface area contributed by atoms with Crippen molar-refractivity contribution in [2.75, 3.05) is 18.1 Å². The molecule has 25 heavy (non-hydrogen) atoms. The predicted molar refractivity (Wildman–Crippen MR) is 101 cm³/mol. The maximum absolute atomic E-state index is 12.7. The Morgan fingerprint density at radius 1 is 1.16 bits per heavy atom. The van der Waals surface area contributed by atoms with E-state index >= 15 is 0 Å². The molecule has 3 rings (SSSR count). The molecule has 1 atom stereocenters. The van der Waals surface area contributed by atoms with Crippen molar-refractivity contribution in [2.24, 2.45) is 0 Å². The van der Waals surface area contributed by atoms with Gasteiger partial charge in [-0.3, -0.25) is 9.59 Å². The van der Waals surface area contributed by atoms with E-state index in [-0.39, 0.29) is 18.3 Å². The van der Waals surface area contributed by atoms with Crippen LogP contribution >= 0.6 is 11.8 Å². The van der Waals surface area contributed by atoms with Crippen molar-refractivity contribution in [1.29, 1.82) is 0 Å². The predicted octanol–water partition coefficient (Wildman–Crippen LogP) is 4.19. The molecule has 1 heterocycles. The van der Waals surface area contributed by atoms with Crippen molar-refractivity contribution in [3.8, 4) is 5.75 Å².